The first-order valence-corrected chi connectivity index (χ1v) is 6.14. The molecule has 1 amide bonds. The second-order valence-corrected chi connectivity index (χ2v) is 5.05. The summed E-state index contributed by atoms with van der Waals surface area (Å²) >= 11 is 11.7. The fourth-order valence-corrected chi connectivity index (χ4v) is 1.68. The standard InChI is InChI=1S/C12H16Cl2N2O/c1-4-15-12(2,3)11(17)16-8-5-6-9(13)10(14)7-8/h5-7,15H,4H2,1-3H3,(H,16,17). The van der Waals surface area contributed by atoms with E-state index in [4.69, 9.17) is 23.2 Å². The lowest BCUT2D eigenvalue weighted by atomic mass is 10.0. The second-order valence-electron chi connectivity index (χ2n) is 4.24. The number of hydrogen-bond donors (Lipinski definition) is 2. The number of benzene rings is 1. The predicted molar refractivity (Wildman–Crippen MR) is 72.8 cm³/mol. The molecule has 1 rings (SSSR count). The lowest BCUT2D eigenvalue weighted by Crippen LogP contribution is -2.49. The molecular weight excluding hydrogens is 259 g/mol. The number of halogens is 2. The topological polar surface area (TPSA) is 41.1 Å². The van der Waals surface area contributed by atoms with Crippen LogP contribution >= 0.6 is 23.2 Å². The number of anilines is 1. The highest BCUT2D eigenvalue weighted by atomic mass is 35.5. The zero-order chi connectivity index (χ0) is 13.1. The fraction of sp³-hybridized carbons (Fsp3) is 0.417. The number of likely N-dealkylation sites (N-methyl/N-ethyl adjacent to an activating group) is 1. The lowest BCUT2D eigenvalue weighted by molar-refractivity contribution is -0.121. The van der Waals surface area contributed by atoms with Crippen molar-refractivity contribution in [2.45, 2.75) is 26.3 Å². The molecule has 0 spiro atoms. The first-order chi connectivity index (χ1) is 7.86. The Morgan fingerprint density at radius 2 is 1.94 bits per heavy atom. The van der Waals surface area contributed by atoms with E-state index in [0.29, 0.717) is 15.7 Å². The Morgan fingerprint density at radius 1 is 1.29 bits per heavy atom. The molecule has 0 aromatic heterocycles. The normalized spacial score (nSPS) is 11.4. The Bertz CT molecular complexity index is 419. The van der Waals surface area contributed by atoms with Crippen LogP contribution in [-0.4, -0.2) is 18.0 Å². The molecule has 0 aliphatic rings. The van der Waals surface area contributed by atoms with Gasteiger partial charge in [0, 0.05) is 5.69 Å². The van der Waals surface area contributed by atoms with Crippen LogP contribution in [0.1, 0.15) is 20.8 Å². The largest absolute Gasteiger partial charge is 0.324 e. The lowest BCUT2D eigenvalue weighted by Gasteiger charge is -2.24. The van der Waals surface area contributed by atoms with E-state index in [-0.39, 0.29) is 5.91 Å². The van der Waals surface area contributed by atoms with Gasteiger partial charge in [-0.25, -0.2) is 0 Å². The van der Waals surface area contributed by atoms with Crippen LogP contribution in [0.25, 0.3) is 0 Å². The monoisotopic (exact) mass is 274 g/mol. The van der Waals surface area contributed by atoms with Crippen molar-refractivity contribution in [2.75, 3.05) is 11.9 Å². The van der Waals surface area contributed by atoms with E-state index in [1.165, 1.54) is 0 Å². The number of rotatable bonds is 4. The summed E-state index contributed by atoms with van der Waals surface area (Å²) in [7, 11) is 0. The van der Waals surface area contributed by atoms with Gasteiger partial charge in [-0.2, -0.15) is 0 Å². The first-order valence-electron chi connectivity index (χ1n) is 5.38. The van der Waals surface area contributed by atoms with Gasteiger partial charge in [0.25, 0.3) is 0 Å². The third-order valence-electron chi connectivity index (χ3n) is 2.36. The van der Waals surface area contributed by atoms with Gasteiger partial charge in [-0.05, 0) is 38.6 Å². The van der Waals surface area contributed by atoms with Crippen LogP contribution in [-0.2, 0) is 4.79 Å². The molecule has 0 heterocycles. The van der Waals surface area contributed by atoms with Gasteiger partial charge in [0.15, 0.2) is 0 Å². The fourth-order valence-electron chi connectivity index (χ4n) is 1.38. The van der Waals surface area contributed by atoms with E-state index < -0.39 is 5.54 Å². The van der Waals surface area contributed by atoms with Crippen molar-refractivity contribution in [3.8, 4) is 0 Å². The van der Waals surface area contributed by atoms with Crippen LogP contribution in [0.15, 0.2) is 18.2 Å². The van der Waals surface area contributed by atoms with Gasteiger partial charge in [-0.3, -0.25) is 4.79 Å². The molecule has 0 saturated heterocycles. The molecule has 5 heteroatoms. The maximum Gasteiger partial charge on any atom is 0.244 e. The molecule has 1 aromatic carbocycles. The average molecular weight is 275 g/mol. The molecule has 0 unspecified atom stereocenters. The predicted octanol–water partition coefficient (Wildman–Crippen LogP) is 3.32. The molecule has 0 aliphatic heterocycles. The van der Waals surface area contributed by atoms with E-state index in [1.807, 2.05) is 20.8 Å². The Labute approximate surface area is 111 Å². The molecule has 0 radical (unpaired) electrons. The number of nitrogens with one attached hydrogen (secondary N) is 2. The Hall–Kier alpha value is -0.770. The van der Waals surface area contributed by atoms with Crippen LogP contribution in [0.2, 0.25) is 10.0 Å². The van der Waals surface area contributed by atoms with Gasteiger partial charge in [-0.1, -0.05) is 30.1 Å². The van der Waals surface area contributed by atoms with Crippen LogP contribution < -0.4 is 10.6 Å². The minimum Gasteiger partial charge on any atom is -0.324 e. The summed E-state index contributed by atoms with van der Waals surface area (Å²) < 4.78 is 0. The summed E-state index contributed by atoms with van der Waals surface area (Å²) in [6, 6.07) is 5.00. The number of amides is 1. The summed E-state index contributed by atoms with van der Waals surface area (Å²) in [4.78, 5) is 12.0. The third kappa shape index (κ3) is 3.87. The quantitative estimate of drug-likeness (QED) is 0.885. The van der Waals surface area contributed by atoms with E-state index in [0.717, 1.165) is 6.54 Å². The van der Waals surface area contributed by atoms with Gasteiger partial charge in [0.05, 0.1) is 15.6 Å². The second kappa shape index (κ2) is 5.71. The van der Waals surface area contributed by atoms with Gasteiger partial charge in [0.2, 0.25) is 5.91 Å². The third-order valence-corrected chi connectivity index (χ3v) is 3.10. The van der Waals surface area contributed by atoms with Crippen molar-refractivity contribution in [3.63, 3.8) is 0 Å². The van der Waals surface area contributed by atoms with Crippen molar-refractivity contribution >= 4 is 34.8 Å². The Morgan fingerprint density at radius 3 is 2.47 bits per heavy atom. The summed E-state index contributed by atoms with van der Waals surface area (Å²) in [5, 5.41) is 6.78. The van der Waals surface area contributed by atoms with Crippen LogP contribution in [0.5, 0.6) is 0 Å². The molecule has 94 valence electrons. The van der Waals surface area contributed by atoms with E-state index >= 15 is 0 Å². The molecule has 17 heavy (non-hydrogen) atoms. The zero-order valence-corrected chi connectivity index (χ0v) is 11.6. The highest BCUT2D eigenvalue weighted by Crippen LogP contribution is 2.25. The van der Waals surface area contributed by atoms with Gasteiger partial charge < -0.3 is 10.6 Å². The van der Waals surface area contributed by atoms with E-state index in [9.17, 15) is 4.79 Å². The van der Waals surface area contributed by atoms with Crippen LogP contribution in [0, 0.1) is 0 Å². The maximum absolute atomic E-state index is 12.0. The van der Waals surface area contributed by atoms with Crippen molar-refractivity contribution in [2.24, 2.45) is 0 Å². The summed E-state index contributed by atoms with van der Waals surface area (Å²) in [6.45, 7) is 6.32. The molecule has 0 bridgehead atoms. The van der Waals surface area contributed by atoms with Crippen molar-refractivity contribution in [1.82, 2.24) is 5.32 Å². The average Bonchev–Trinajstić information content (AvgIpc) is 2.23. The van der Waals surface area contributed by atoms with Crippen LogP contribution in [0.3, 0.4) is 0 Å². The van der Waals surface area contributed by atoms with Crippen molar-refractivity contribution in [1.29, 1.82) is 0 Å². The number of hydrogen-bond acceptors (Lipinski definition) is 2. The summed E-state index contributed by atoms with van der Waals surface area (Å²) in [5.41, 5.74) is 0.0105. The molecule has 0 fully saturated rings. The first kappa shape index (κ1) is 14.3. The molecule has 2 N–H and O–H groups in total. The highest BCUT2D eigenvalue weighted by Gasteiger charge is 2.26. The van der Waals surface area contributed by atoms with Crippen molar-refractivity contribution in [3.05, 3.63) is 28.2 Å². The highest BCUT2D eigenvalue weighted by molar-refractivity contribution is 6.42. The molecule has 0 atom stereocenters. The molecule has 0 saturated carbocycles. The molecule has 1 aromatic rings. The number of carbonyl (C=O) groups excluding carboxylic acids is 1. The smallest absolute Gasteiger partial charge is 0.244 e. The molecule has 3 nitrogen and oxygen atoms in total. The van der Waals surface area contributed by atoms with Gasteiger partial charge >= 0.3 is 0 Å². The summed E-state index contributed by atoms with van der Waals surface area (Å²) in [6.07, 6.45) is 0. The maximum atomic E-state index is 12.0. The van der Waals surface area contributed by atoms with Crippen LogP contribution in [0.4, 0.5) is 5.69 Å². The Balaban J connectivity index is 2.77. The summed E-state index contributed by atoms with van der Waals surface area (Å²) in [5.74, 6) is -0.113. The SMILES string of the molecule is CCNC(C)(C)C(=O)Nc1ccc(Cl)c(Cl)c1. The zero-order valence-electron chi connectivity index (χ0n) is 10.1. The molecule has 0 aliphatic carbocycles. The minimum atomic E-state index is -0.624. The number of carbonyl (C=O) groups is 1. The van der Waals surface area contributed by atoms with Gasteiger partial charge in [-0.15, -0.1) is 0 Å². The molecular formula is C12H16Cl2N2O. The minimum absolute atomic E-state index is 0.113. The van der Waals surface area contributed by atoms with E-state index in [2.05, 4.69) is 10.6 Å². The van der Waals surface area contributed by atoms with Crippen molar-refractivity contribution < 1.29 is 4.79 Å². The van der Waals surface area contributed by atoms with E-state index in [1.54, 1.807) is 18.2 Å². The van der Waals surface area contributed by atoms with Gasteiger partial charge in [0.1, 0.15) is 0 Å². The Kier molecular flexibility index (Phi) is 4.80.